The molecule has 1 rings (SSSR count). The molecular formula is C25H46N2. The molecular weight excluding hydrogens is 328 g/mol. The van der Waals surface area contributed by atoms with Gasteiger partial charge in [0, 0.05) is 12.6 Å². The first-order valence-electron chi connectivity index (χ1n) is 11.8. The van der Waals surface area contributed by atoms with Gasteiger partial charge in [-0.25, -0.2) is 0 Å². The van der Waals surface area contributed by atoms with Crippen LogP contribution in [0.25, 0.3) is 0 Å². The molecule has 2 heteroatoms. The minimum absolute atomic E-state index is 0.411. The van der Waals surface area contributed by atoms with Crippen LogP contribution in [-0.4, -0.2) is 19.1 Å². The lowest BCUT2D eigenvalue weighted by Gasteiger charge is -2.17. The molecule has 0 fully saturated rings. The third-order valence-corrected chi connectivity index (χ3v) is 5.57. The Bertz CT molecular complexity index is 404. The predicted octanol–water partition coefficient (Wildman–Crippen LogP) is 6.63. The van der Waals surface area contributed by atoms with Gasteiger partial charge in [0.15, 0.2) is 0 Å². The van der Waals surface area contributed by atoms with Crippen molar-refractivity contribution >= 4 is 0 Å². The van der Waals surface area contributed by atoms with Crippen molar-refractivity contribution in [1.82, 2.24) is 5.32 Å². The van der Waals surface area contributed by atoms with E-state index in [2.05, 4.69) is 42.6 Å². The third-order valence-electron chi connectivity index (χ3n) is 5.57. The molecule has 0 radical (unpaired) electrons. The molecule has 3 N–H and O–H groups in total. The third kappa shape index (κ3) is 14.8. The van der Waals surface area contributed by atoms with Crippen molar-refractivity contribution in [2.45, 2.75) is 109 Å². The molecule has 0 saturated heterocycles. The minimum atomic E-state index is 0.411. The van der Waals surface area contributed by atoms with E-state index in [1.807, 2.05) is 0 Å². The Morgan fingerprint density at radius 3 is 1.67 bits per heavy atom. The highest BCUT2D eigenvalue weighted by atomic mass is 14.9. The molecule has 0 heterocycles. The lowest BCUT2D eigenvalue weighted by atomic mass is 10.0. The zero-order valence-electron chi connectivity index (χ0n) is 18.1. The second-order valence-electron chi connectivity index (χ2n) is 8.17. The number of benzene rings is 1. The highest BCUT2D eigenvalue weighted by Crippen LogP contribution is 2.13. The van der Waals surface area contributed by atoms with Crippen molar-refractivity contribution in [3.63, 3.8) is 0 Å². The van der Waals surface area contributed by atoms with Crippen LogP contribution in [0.5, 0.6) is 0 Å². The summed E-state index contributed by atoms with van der Waals surface area (Å²) in [6.45, 7) is 4.11. The van der Waals surface area contributed by atoms with E-state index in [4.69, 9.17) is 5.73 Å². The fourth-order valence-corrected chi connectivity index (χ4v) is 3.76. The monoisotopic (exact) mass is 374 g/mol. The lowest BCUT2D eigenvalue weighted by molar-refractivity contribution is 0.488. The van der Waals surface area contributed by atoms with Crippen LogP contribution in [0.15, 0.2) is 30.3 Å². The zero-order chi connectivity index (χ0) is 19.4. The van der Waals surface area contributed by atoms with Crippen LogP contribution in [-0.2, 0) is 6.42 Å². The van der Waals surface area contributed by atoms with Gasteiger partial charge in [-0.15, -0.1) is 0 Å². The average molecular weight is 375 g/mol. The first-order chi connectivity index (χ1) is 13.4. The van der Waals surface area contributed by atoms with E-state index in [-0.39, 0.29) is 0 Å². The highest BCUT2D eigenvalue weighted by molar-refractivity contribution is 5.15. The summed E-state index contributed by atoms with van der Waals surface area (Å²) < 4.78 is 0. The van der Waals surface area contributed by atoms with Crippen LogP contribution >= 0.6 is 0 Å². The van der Waals surface area contributed by atoms with Gasteiger partial charge in [0.05, 0.1) is 0 Å². The Morgan fingerprint density at radius 1 is 0.704 bits per heavy atom. The number of unbranched alkanes of at least 4 members (excludes halogenated alkanes) is 13. The van der Waals surface area contributed by atoms with Gasteiger partial charge >= 0.3 is 0 Å². The van der Waals surface area contributed by atoms with Gasteiger partial charge in [-0.05, 0) is 24.9 Å². The second kappa shape index (κ2) is 18.5. The van der Waals surface area contributed by atoms with Gasteiger partial charge in [0.25, 0.3) is 0 Å². The quantitative estimate of drug-likeness (QED) is 0.267. The highest BCUT2D eigenvalue weighted by Gasteiger charge is 2.06. The molecule has 27 heavy (non-hydrogen) atoms. The van der Waals surface area contributed by atoms with Crippen LogP contribution in [0.4, 0.5) is 0 Å². The van der Waals surface area contributed by atoms with Crippen molar-refractivity contribution in [2.24, 2.45) is 5.73 Å². The Morgan fingerprint density at radius 2 is 1.19 bits per heavy atom. The first-order valence-corrected chi connectivity index (χ1v) is 11.8. The topological polar surface area (TPSA) is 38.0 Å². The molecule has 2 nitrogen and oxygen atoms in total. The Hall–Kier alpha value is -0.860. The summed E-state index contributed by atoms with van der Waals surface area (Å²) in [6.07, 6.45) is 20.9. The van der Waals surface area contributed by atoms with Gasteiger partial charge in [-0.3, -0.25) is 0 Å². The van der Waals surface area contributed by atoms with Crippen LogP contribution in [0.2, 0.25) is 0 Å². The van der Waals surface area contributed by atoms with E-state index in [1.54, 1.807) is 0 Å². The Labute approximate surface area is 169 Å². The molecule has 0 aliphatic carbocycles. The number of rotatable bonds is 19. The molecule has 156 valence electrons. The average Bonchev–Trinajstić information content (AvgIpc) is 2.70. The number of nitrogens with two attached hydrogens (primary N) is 1. The largest absolute Gasteiger partial charge is 0.329 e. The van der Waals surface area contributed by atoms with Crippen molar-refractivity contribution in [3.8, 4) is 0 Å². The molecule has 1 aromatic carbocycles. The summed E-state index contributed by atoms with van der Waals surface area (Å²) in [7, 11) is 0. The van der Waals surface area contributed by atoms with E-state index in [1.165, 1.54) is 95.5 Å². The molecule has 1 aromatic rings. The van der Waals surface area contributed by atoms with Crippen LogP contribution in [0.3, 0.4) is 0 Å². The summed E-state index contributed by atoms with van der Waals surface area (Å²) in [5.74, 6) is 0. The van der Waals surface area contributed by atoms with Crippen molar-refractivity contribution < 1.29 is 0 Å². The molecule has 1 atom stereocenters. The fourth-order valence-electron chi connectivity index (χ4n) is 3.76. The van der Waals surface area contributed by atoms with E-state index in [0.717, 1.165) is 13.0 Å². The normalized spacial score (nSPS) is 12.4. The van der Waals surface area contributed by atoms with Gasteiger partial charge < -0.3 is 11.1 Å². The maximum Gasteiger partial charge on any atom is 0.0230 e. The molecule has 0 aliphatic heterocycles. The maximum atomic E-state index is 5.92. The van der Waals surface area contributed by atoms with Gasteiger partial charge in [0.1, 0.15) is 0 Å². The Kier molecular flexibility index (Phi) is 16.6. The van der Waals surface area contributed by atoms with E-state index < -0.39 is 0 Å². The number of nitrogens with one attached hydrogen (secondary N) is 1. The second-order valence-corrected chi connectivity index (χ2v) is 8.17. The molecule has 0 saturated carbocycles. The predicted molar refractivity (Wildman–Crippen MR) is 121 cm³/mol. The molecule has 1 unspecified atom stereocenters. The number of hydrogen-bond donors (Lipinski definition) is 2. The van der Waals surface area contributed by atoms with Crippen molar-refractivity contribution in [1.29, 1.82) is 0 Å². The smallest absolute Gasteiger partial charge is 0.0230 e. The standard InChI is InChI=1S/C25H46N2/c1-2-3-4-5-6-7-8-9-10-11-12-13-14-18-21-27-25(23-26)22-24-19-16-15-17-20-24/h15-17,19-20,25,27H,2-14,18,21-23,26H2,1H3. The first kappa shape index (κ1) is 24.2. The molecule has 0 aliphatic rings. The van der Waals surface area contributed by atoms with Crippen molar-refractivity contribution in [3.05, 3.63) is 35.9 Å². The molecule has 0 amide bonds. The van der Waals surface area contributed by atoms with Crippen molar-refractivity contribution in [2.75, 3.05) is 13.1 Å². The van der Waals surface area contributed by atoms with Gasteiger partial charge in [0.2, 0.25) is 0 Å². The van der Waals surface area contributed by atoms with Gasteiger partial charge in [-0.1, -0.05) is 121 Å². The summed E-state index contributed by atoms with van der Waals surface area (Å²) in [5, 5.41) is 3.64. The molecule has 0 bridgehead atoms. The maximum absolute atomic E-state index is 5.92. The Balaban J connectivity index is 1.83. The summed E-state index contributed by atoms with van der Waals surface area (Å²) >= 11 is 0. The van der Waals surface area contributed by atoms with E-state index in [9.17, 15) is 0 Å². The van der Waals surface area contributed by atoms with Gasteiger partial charge in [-0.2, -0.15) is 0 Å². The summed E-state index contributed by atoms with van der Waals surface area (Å²) in [6, 6.07) is 11.1. The SMILES string of the molecule is CCCCCCCCCCCCCCCCNC(CN)Cc1ccccc1. The summed E-state index contributed by atoms with van der Waals surface area (Å²) in [5.41, 5.74) is 7.30. The van der Waals surface area contributed by atoms with E-state index in [0.29, 0.717) is 12.6 Å². The number of hydrogen-bond acceptors (Lipinski definition) is 2. The molecule has 0 aromatic heterocycles. The van der Waals surface area contributed by atoms with Crippen LogP contribution in [0.1, 0.15) is 102 Å². The van der Waals surface area contributed by atoms with Crippen LogP contribution in [0, 0.1) is 0 Å². The zero-order valence-corrected chi connectivity index (χ0v) is 18.1. The fraction of sp³-hybridized carbons (Fsp3) is 0.760. The minimum Gasteiger partial charge on any atom is -0.329 e. The lowest BCUT2D eigenvalue weighted by Crippen LogP contribution is -2.38. The molecule has 0 spiro atoms. The van der Waals surface area contributed by atoms with Crippen LogP contribution < -0.4 is 11.1 Å². The summed E-state index contributed by atoms with van der Waals surface area (Å²) in [4.78, 5) is 0. The van der Waals surface area contributed by atoms with E-state index >= 15 is 0 Å².